The van der Waals surface area contributed by atoms with E-state index in [1.165, 1.54) is 12.1 Å². The molecule has 0 unspecified atom stereocenters. The molecule has 0 saturated carbocycles. The van der Waals surface area contributed by atoms with Crippen LogP contribution in [0.5, 0.6) is 0 Å². The molecule has 0 atom stereocenters. The standard InChI is InChI=1S/C23H18ClN3O4S/c1-15-6-12-19(13-7-15)32(29,30)27-26-23-20(14-16-4-2-3-5-21(16)31-23)22(28)25-18-10-8-17(24)9-11-18/h2-14,27H,1H3,(H,25,28)/b26-23+. The lowest BCUT2D eigenvalue weighted by Gasteiger charge is -2.08. The molecule has 0 radical (unpaired) electrons. The first kappa shape index (κ1) is 21.6. The average Bonchev–Trinajstić information content (AvgIpc) is 2.79. The number of rotatable bonds is 5. The molecule has 32 heavy (non-hydrogen) atoms. The van der Waals surface area contributed by atoms with Gasteiger partial charge in [0.05, 0.1) is 4.90 Å². The maximum absolute atomic E-state index is 13.0. The van der Waals surface area contributed by atoms with E-state index in [2.05, 4.69) is 15.2 Å². The van der Waals surface area contributed by atoms with Crippen molar-refractivity contribution in [2.75, 3.05) is 5.32 Å². The Hall–Kier alpha value is -3.62. The third kappa shape index (κ3) is 4.82. The normalized spacial score (nSPS) is 12.0. The van der Waals surface area contributed by atoms with Crippen molar-refractivity contribution in [3.05, 3.63) is 101 Å². The number of carbonyl (C=O) groups is 1. The summed E-state index contributed by atoms with van der Waals surface area (Å²) in [4.78, 5) is 15.1. The van der Waals surface area contributed by atoms with Crippen molar-refractivity contribution >= 4 is 44.2 Å². The van der Waals surface area contributed by atoms with Crippen LogP contribution in [0.3, 0.4) is 0 Å². The van der Waals surface area contributed by atoms with Gasteiger partial charge in [-0.25, -0.2) is 0 Å². The number of fused-ring (bicyclic) bond motifs is 1. The van der Waals surface area contributed by atoms with E-state index in [0.29, 0.717) is 21.7 Å². The fraction of sp³-hybridized carbons (Fsp3) is 0.0435. The molecule has 0 aliphatic heterocycles. The maximum Gasteiger partial charge on any atom is 0.276 e. The molecule has 0 aliphatic rings. The van der Waals surface area contributed by atoms with Crippen molar-refractivity contribution in [3.8, 4) is 0 Å². The number of hydrogen-bond donors (Lipinski definition) is 2. The van der Waals surface area contributed by atoms with E-state index in [9.17, 15) is 13.2 Å². The van der Waals surface area contributed by atoms with Crippen molar-refractivity contribution in [2.45, 2.75) is 11.8 Å². The molecule has 162 valence electrons. The van der Waals surface area contributed by atoms with Crippen molar-refractivity contribution in [2.24, 2.45) is 5.10 Å². The van der Waals surface area contributed by atoms with Gasteiger partial charge in [0.15, 0.2) is 0 Å². The Labute approximate surface area is 189 Å². The van der Waals surface area contributed by atoms with Crippen LogP contribution in [0, 0.1) is 6.92 Å². The lowest BCUT2D eigenvalue weighted by Crippen LogP contribution is -2.27. The molecule has 0 aliphatic carbocycles. The van der Waals surface area contributed by atoms with Crippen molar-refractivity contribution in [1.82, 2.24) is 4.83 Å². The van der Waals surface area contributed by atoms with Gasteiger partial charge in [-0.15, -0.1) is 5.10 Å². The van der Waals surface area contributed by atoms with Gasteiger partial charge in [0.1, 0.15) is 11.1 Å². The zero-order chi connectivity index (χ0) is 22.7. The topological polar surface area (TPSA) is 101 Å². The third-order valence-electron chi connectivity index (χ3n) is 4.60. The van der Waals surface area contributed by atoms with Crippen LogP contribution in [0.4, 0.5) is 5.69 Å². The van der Waals surface area contributed by atoms with Crippen LogP contribution >= 0.6 is 11.6 Å². The smallest absolute Gasteiger partial charge is 0.276 e. The molecule has 1 aromatic heterocycles. The second-order valence-electron chi connectivity index (χ2n) is 6.98. The van der Waals surface area contributed by atoms with Crippen LogP contribution in [0.25, 0.3) is 11.0 Å². The van der Waals surface area contributed by atoms with Gasteiger partial charge in [0.25, 0.3) is 15.9 Å². The van der Waals surface area contributed by atoms with Crippen LogP contribution < -0.4 is 15.7 Å². The van der Waals surface area contributed by atoms with Gasteiger partial charge < -0.3 is 9.73 Å². The van der Waals surface area contributed by atoms with Crippen molar-refractivity contribution in [3.63, 3.8) is 0 Å². The lowest BCUT2D eigenvalue weighted by molar-refractivity contribution is 0.102. The Bertz CT molecular complexity index is 1460. The molecule has 0 fully saturated rings. The highest BCUT2D eigenvalue weighted by atomic mass is 35.5. The van der Waals surface area contributed by atoms with E-state index in [1.54, 1.807) is 66.7 Å². The highest BCUT2D eigenvalue weighted by Crippen LogP contribution is 2.16. The Balaban J connectivity index is 1.74. The summed E-state index contributed by atoms with van der Waals surface area (Å²) < 4.78 is 31.0. The molecule has 0 saturated heterocycles. The van der Waals surface area contributed by atoms with Crippen LogP contribution in [0.15, 0.2) is 93.3 Å². The monoisotopic (exact) mass is 467 g/mol. The Morgan fingerprint density at radius 3 is 2.38 bits per heavy atom. The minimum Gasteiger partial charge on any atom is -0.436 e. The summed E-state index contributed by atoms with van der Waals surface area (Å²) in [5.74, 6) is -0.518. The SMILES string of the molecule is Cc1ccc(S(=O)(=O)N/N=c2/oc3ccccc3cc2C(=O)Nc2ccc(Cl)cc2)cc1. The number of aryl methyl sites for hydroxylation is 1. The van der Waals surface area contributed by atoms with Gasteiger partial charge >= 0.3 is 0 Å². The zero-order valence-corrected chi connectivity index (χ0v) is 18.4. The number of sulfonamides is 1. The molecule has 9 heteroatoms. The first-order valence-corrected chi connectivity index (χ1v) is 11.4. The van der Waals surface area contributed by atoms with E-state index in [-0.39, 0.29) is 16.0 Å². The Morgan fingerprint density at radius 2 is 1.66 bits per heavy atom. The minimum atomic E-state index is -3.96. The number of anilines is 1. The molecule has 7 nitrogen and oxygen atoms in total. The molecule has 1 amide bonds. The molecule has 1 heterocycles. The van der Waals surface area contributed by atoms with Gasteiger partial charge in [-0.3, -0.25) is 4.79 Å². The van der Waals surface area contributed by atoms with E-state index >= 15 is 0 Å². The molecule has 2 N–H and O–H groups in total. The molecule has 4 rings (SSSR count). The summed E-state index contributed by atoms with van der Waals surface area (Å²) in [5, 5.41) is 7.84. The summed E-state index contributed by atoms with van der Waals surface area (Å²) in [6, 6.07) is 21.5. The fourth-order valence-corrected chi connectivity index (χ4v) is 3.85. The van der Waals surface area contributed by atoms with Crippen LogP contribution in [0.1, 0.15) is 15.9 Å². The molecular formula is C23H18ClN3O4S. The van der Waals surface area contributed by atoms with Crippen LogP contribution in [-0.4, -0.2) is 14.3 Å². The third-order valence-corrected chi connectivity index (χ3v) is 6.08. The second kappa shape index (κ2) is 8.86. The summed E-state index contributed by atoms with van der Waals surface area (Å²) in [6.45, 7) is 1.85. The van der Waals surface area contributed by atoms with Gasteiger partial charge in [0.2, 0.25) is 5.55 Å². The quantitative estimate of drug-likeness (QED) is 0.423. The minimum absolute atomic E-state index is 0.0415. The Kier molecular flexibility index (Phi) is 5.98. The Morgan fingerprint density at radius 1 is 0.969 bits per heavy atom. The first-order valence-electron chi connectivity index (χ1n) is 9.54. The predicted molar refractivity (Wildman–Crippen MR) is 123 cm³/mol. The fourth-order valence-electron chi connectivity index (χ4n) is 2.92. The second-order valence-corrected chi connectivity index (χ2v) is 9.08. The average molecular weight is 468 g/mol. The number of halogens is 1. The largest absolute Gasteiger partial charge is 0.436 e. The summed E-state index contributed by atoms with van der Waals surface area (Å²) in [5.41, 5.74) is 1.77. The van der Waals surface area contributed by atoms with Gasteiger partial charge in [0, 0.05) is 16.1 Å². The van der Waals surface area contributed by atoms with E-state index < -0.39 is 15.9 Å². The number of nitrogens with one attached hydrogen (secondary N) is 2. The number of amides is 1. The van der Waals surface area contributed by atoms with Gasteiger partial charge in [-0.1, -0.05) is 47.5 Å². The maximum atomic E-state index is 13.0. The number of hydrogen-bond acceptors (Lipinski definition) is 5. The molecule has 3 aromatic carbocycles. The zero-order valence-electron chi connectivity index (χ0n) is 16.9. The lowest BCUT2D eigenvalue weighted by atomic mass is 10.1. The highest BCUT2D eigenvalue weighted by Gasteiger charge is 2.16. The van der Waals surface area contributed by atoms with Crippen LogP contribution in [-0.2, 0) is 10.0 Å². The molecule has 0 bridgehead atoms. The number of carbonyl (C=O) groups excluding carboxylic acids is 1. The van der Waals surface area contributed by atoms with E-state index in [4.69, 9.17) is 16.0 Å². The summed E-state index contributed by atoms with van der Waals surface area (Å²) in [6.07, 6.45) is 0. The number of benzene rings is 3. The van der Waals surface area contributed by atoms with Crippen LogP contribution in [0.2, 0.25) is 5.02 Å². The number of para-hydroxylation sites is 1. The van der Waals surface area contributed by atoms with Gasteiger partial charge in [-0.05, 0) is 55.5 Å². The molecule has 4 aromatic rings. The predicted octanol–water partition coefficient (Wildman–Crippen LogP) is 4.44. The molecule has 0 spiro atoms. The van der Waals surface area contributed by atoms with E-state index in [1.807, 2.05) is 6.92 Å². The van der Waals surface area contributed by atoms with E-state index in [0.717, 1.165) is 5.56 Å². The number of nitrogens with zero attached hydrogens (tertiary/aromatic N) is 1. The van der Waals surface area contributed by atoms with Gasteiger partial charge in [-0.2, -0.15) is 13.2 Å². The molecular weight excluding hydrogens is 450 g/mol. The van der Waals surface area contributed by atoms with Crippen molar-refractivity contribution in [1.29, 1.82) is 0 Å². The van der Waals surface area contributed by atoms with Crippen molar-refractivity contribution < 1.29 is 17.6 Å². The highest BCUT2D eigenvalue weighted by molar-refractivity contribution is 7.89. The first-order chi connectivity index (χ1) is 15.3. The summed E-state index contributed by atoms with van der Waals surface area (Å²) in [7, 11) is -3.96. The summed E-state index contributed by atoms with van der Waals surface area (Å²) >= 11 is 5.89.